The molecule has 0 aromatic heterocycles. The summed E-state index contributed by atoms with van der Waals surface area (Å²) in [6.45, 7) is 2.10. The number of fused-ring (bicyclic) bond motifs is 1. The molecule has 0 fully saturated rings. The van der Waals surface area contributed by atoms with Crippen molar-refractivity contribution in [2.45, 2.75) is 31.9 Å². The predicted octanol–water partition coefficient (Wildman–Crippen LogP) is 0.872. The van der Waals surface area contributed by atoms with Gasteiger partial charge >= 0.3 is 0 Å². The van der Waals surface area contributed by atoms with Gasteiger partial charge in [-0.2, -0.15) is 0 Å². The topological polar surface area (TPSA) is 55.5 Å². The highest BCUT2D eigenvalue weighted by Gasteiger charge is 2.19. The summed E-state index contributed by atoms with van der Waals surface area (Å²) in [5.41, 5.74) is 8.13. The SMILES string of the molecule is CC1Cc2cc(CC(N)CO)ccc2O1. The highest BCUT2D eigenvalue weighted by Crippen LogP contribution is 2.29. The molecule has 3 nitrogen and oxygen atoms in total. The van der Waals surface area contributed by atoms with Gasteiger partial charge < -0.3 is 15.6 Å². The van der Waals surface area contributed by atoms with Crippen LogP contribution in [0.1, 0.15) is 18.1 Å². The Morgan fingerprint density at radius 2 is 2.40 bits per heavy atom. The minimum atomic E-state index is -0.164. The molecule has 1 aromatic rings. The third-order valence-corrected chi connectivity index (χ3v) is 2.69. The molecule has 2 unspecified atom stereocenters. The molecule has 1 aromatic carbocycles. The van der Waals surface area contributed by atoms with E-state index in [1.807, 2.05) is 12.1 Å². The average Bonchev–Trinajstić information content (AvgIpc) is 2.57. The van der Waals surface area contributed by atoms with Crippen LogP contribution in [0.3, 0.4) is 0 Å². The van der Waals surface area contributed by atoms with Gasteiger partial charge in [0.15, 0.2) is 0 Å². The minimum absolute atomic E-state index is 0.0317. The van der Waals surface area contributed by atoms with Crippen molar-refractivity contribution in [2.75, 3.05) is 6.61 Å². The normalized spacial score (nSPS) is 20.9. The summed E-state index contributed by atoms with van der Waals surface area (Å²) in [5, 5.41) is 8.88. The van der Waals surface area contributed by atoms with Crippen molar-refractivity contribution in [3.63, 3.8) is 0 Å². The summed E-state index contributed by atoms with van der Waals surface area (Å²) in [4.78, 5) is 0. The van der Waals surface area contributed by atoms with Gasteiger partial charge in [-0.15, -0.1) is 0 Å². The first-order chi connectivity index (χ1) is 7.19. The van der Waals surface area contributed by atoms with E-state index in [0.717, 1.165) is 18.6 Å². The number of aliphatic hydroxyl groups is 1. The molecular weight excluding hydrogens is 190 g/mol. The fraction of sp³-hybridized carbons (Fsp3) is 0.500. The van der Waals surface area contributed by atoms with Gasteiger partial charge in [0.1, 0.15) is 11.9 Å². The number of rotatable bonds is 3. The monoisotopic (exact) mass is 207 g/mol. The highest BCUT2D eigenvalue weighted by molar-refractivity contribution is 5.40. The van der Waals surface area contributed by atoms with Crippen molar-refractivity contribution in [1.29, 1.82) is 0 Å². The second-order valence-corrected chi connectivity index (χ2v) is 4.22. The Labute approximate surface area is 89.9 Å². The van der Waals surface area contributed by atoms with Crippen LogP contribution in [-0.4, -0.2) is 23.9 Å². The van der Waals surface area contributed by atoms with E-state index in [2.05, 4.69) is 13.0 Å². The molecule has 3 heteroatoms. The predicted molar refractivity (Wildman–Crippen MR) is 59.0 cm³/mol. The maximum Gasteiger partial charge on any atom is 0.123 e. The van der Waals surface area contributed by atoms with Crippen LogP contribution in [0.4, 0.5) is 0 Å². The van der Waals surface area contributed by atoms with E-state index in [-0.39, 0.29) is 18.8 Å². The quantitative estimate of drug-likeness (QED) is 0.773. The Hall–Kier alpha value is -1.06. The van der Waals surface area contributed by atoms with Crippen LogP contribution in [0.15, 0.2) is 18.2 Å². The zero-order valence-electron chi connectivity index (χ0n) is 8.94. The molecule has 0 saturated heterocycles. The molecule has 15 heavy (non-hydrogen) atoms. The van der Waals surface area contributed by atoms with Gasteiger partial charge in [-0.3, -0.25) is 0 Å². The smallest absolute Gasteiger partial charge is 0.123 e. The van der Waals surface area contributed by atoms with Gasteiger partial charge in [0.2, 0.25) is 0 Å². The molecule has 1 heterocycles. The number of benzene rings is 1. The van der Waals surface area contributed by atoms with Crippen LogP contribution in [0.25, 0.3) is 0 Å². The molecule has 0 aliphatic carbocycles. The van der Waals surface area contributed by atoms with E-state index in [0.29, 0.717) is 0 Å². The Morgan fingerprint density at radius 1 is 1.60 bits per heavy atom. The van der Waals surface area contributed by atoms with Crippen molar-refractivity contribution in [3.05, 3.63) is 29.3 Å². The van der Waals surface area contributed by atoms with Crippen molar-refractivity contribution >= 4 is 0 Å². The van der Waals surface area contributed by atoms with Gasteiger partial charge in [-0.05, 0) is 30.5 Å². The lowest BCUT2D eigenvalue weighted by molar-refractivity contribution is 0.254. The standard InChI is InChI=1S/C12H17NO2/c1-8-4-10-5-9(6-11(13)7-14)2-3-12(10)15-8/h2-3,5,8,11,14H,4,6-7,13H2,1H3. The molecule has 0 bridgehead atoms. The molecule has 0 radical (unpaired) electrons. The van der Waals surface area contributed by atoms with Gasteiger partial charge in [0.25, 0.3) is 0 Å². The summed E-state index contributed by atoms with van der Waals surface area (Å²) in [6.07, 6.45) is 1.97. The third kappa shape index (κ3) is 2.30. The third-order valence-electron chi connectivity index (χ3n) is 2.69. The Balaban J connectivity index is 2.13. The summed E-state index contributed by atoms with van der Waals surface area (Å²) in [5.74, 6) is 0.990. The minimum Gasteiger partial charge on any atom is -0.490 e. The largest absolute Gasteiger partial charge is 0.490 e. The number of aliphatic hydroxyl groups excluding tert-OH is 1. The molecular formula is C12H17NO2. The summed E-state index contributed by atoms with van der Waals surface area (Å²) in [7, 11) is 0. The van der Waals surface area contributed by atoms with E-state index in [9.17, 15) is 0 Å². The lowest BCUT2D eigenvalue weighted by Gasteiger charge is -2.08. The van der Waals surface area contributed by atoms with Crippen LogP contribution in [0.5, 0.6) is 5.75 Å². The van der Waals surface area contributed by atoms with E-state index in [1.54, 1.807) is 0 Å². The van der Waals surface area contributed by atoms with E-state index in [1.165, 1.54) is 11.1 Å². The van der Waals surface area contributed by atoms with Crippen molar-refractivity contribution in [2.24, 2.45) is 5.73 Å². The fourth-order valence-corrected chi connectivity index (χ4v) is 1.97. The fourth-order valence-electron chi connectivity index (χ4n) is 1.97. The van der Waals surface area contributed by atoms with Crippen LogP contribution >= 0.6 is 0 Å². The molecule has 0 saturated carbocycles. The second-order valence-electron chi connectivity index (χ2n) is 4.22. The van der Waals surface area contributed by atoms with Crippen molar-refractivity contribution < 1.29 is 9.84 Å². The maximum atomic E-state index is 8.88. The van der Waals surface area contributed by atoms with Gasteiger partial charge in [-0.1, -0.05) is 12.1 Å². The van der Waals surface area contributed by atoms with Crippen LogP contribution in [-0.2, 0) is 12.8 Å². The molecule has 2 rings (SSSR count). The van der Waals surface area contributed by atoms with E-state index in [4.69, 9.17) is 15.6 Å². The van der Waals surface area contributed by atoms with Gasteiger partial charge in [0, 0.05) is 12.5 Å². The zero-order chi connectivity index (χ0) is 10.8. The summed E-state index contributed by atoms with van der Waals surface area (Å²) >= 11 is 0. The molecule has 3 N–H and O–H groups in total. The highest BCUT2D eigenvalue weighted by atomic mass is 16.5. The molecule has 1 aliphatic heterocycles. The number of hydrogen-bond acceptors (Lipinski definition) is 3. The number of nitrogens with two attached hydrogens (primary N) is 1. The summed E-state index contributed by atoms with van der Waals surface area (Å²) in [6, 6.07) is 5.99. The second kappa shape index (κ2) is 4.21. The Bertz CT molecular complexity index is 351. The maximum absolute atomic E-state index is 8.88. The molecule has 2 atom stereocenters. The molecule has 0 amide bonds. The molecule has 0 spiro atoms. The Kier molecular flexibility index (Phi) is 2.93. The van der Waals surface area contributed by atoms with Crippen LogP contribution in [0, 0.1) is 0 Å². The number of hydrogen-bond donors (Lipinski definition) is 2. The number of ether oxygens (including phenoxy) is 1. The van der Waals surface area contributed by atoms with E-state index < -0.39 is 0 Å². The summed E-state index contributed by atoms with van der Waals surface area (Å²) < 4.78 is 5.61. The van der Waals surface area contributed by atoms with Crippen LogP contribution in [0.2, 0.25) is 0 Å². The Morgan fingerprint density at radius 3 is 3.13 bits per heavy atom. The first-order valence-corrected chi connectivity index (χ1v) is 5.34. The van der Waals surface area contributed by atoms with E-state index >= 15 is 0 Å². The van der Waals surface area contributed by atoms with Gasteiger partial charge in [-0.25, -0.2) is 0 Å². The first kappa shape index (κ1) is 10.5. The van der Waals surface area contributed by atoms with Crippen molar-refractivity contribution in [3.8, 4) is 5.75 Å². The lowest BCUT2D eigenvalue weighted by Crippen LogP contribution is -2.26. The lowest BCUT2D eigenvalue weighted by atomic mass is 10.0. The molecule has 1 aliphatic rings. The zero-order valence-corrected chi connectivity index (χ0v) is 8.94. The molecule has 82 valence electrons. The average molecular weight is 207 g/mol. The van der Waals surface area contributed by atoms with Gasteiger partial charge in [0.05, 0.1) is 6.61 Å². The van der Waals surface area contributed by atoms with Crippen LogP contribution < -0.4 is 10.5 Å². The first-order valence-electron chi connectivity index (χ1n) is 5.34. The van der Waals surface area contributed by atoms with Crippen molar-refractivity contribution in [1.82, 2.24) is 0 Å².